The van der Waals surface area contributed by atoms with Crippen LogP contribution in [0.2, 0.25) is 0 Å². The Morgan fingerprint density at radius 3 is 1.90 bits per heavy atom. The lowest BCUT2D eigenvalue weighted by Crippen LogP contribution is -2.26. The predicted molar refractivity (Wildman–Crippen MR) is 71.4 cm³/mol. The van der Waals surface area contributed by atoms with Crippen molar-refractivity contribution in [3.63, 3.8) is 0 Å². The van der Waals surface area contributed by atoms with Gasteiger partial charge in [-0.15, -0.1) is 0 Å². The molecule has 0 bridgehead atoms. The third-order valence-electron chi connectivity index (χ3n) is 3.05. The summed E-state index contributed by atoms with van der Waals surface area (Å²) in [5.74, 6) is -1.24. The van der Waals surface area contributed by atoms with Gasteiger partial charge in [0.05, 0.1) is 14.2 Å². The first-order chi connectivity index (χ1) is 9.65. The highest BCUT2D eigenvalue weighted by molar-refractivity contribution is 6.37. The molecule has 1 aliphatic rings. The van der Waals surface area contributed by atoms with Crippen LogP contribution in [0.4, 0.5) is 0 Å². The fraction of sp³-hybridized carbons (Fsp3) is 0.286. The van der Waals surface area contributed by atoms with Crippen LogP contribution in [0.1, 0.15) is 18.9 Å². The lowest BCUT2D eigenvalue weighted by molar-refractivity contribution is -0.164. The third kappa shape index (κ3) is 2.19. The minimum atomic E-state index is -0.772. The van der Waals surface area contributed by atoms with Crippen LogP contribution in [0.3, 0.4) is 0 Å². The van der Waals surface area contributed by atoms with E-state index in [1.54, 1.807) is 0 Å². The fourth-order valence-electron chi connectivity index (χ4n) is 2.16. The second kappa shape index (κ2) is 5.85. The maximum atomic E-state index is 11.9. The van der Waals surface area contributed by atoms with Crippen LogP contribution in [0, 0.1) is 0 Å². The summed E-state index contributed by atoms with van der Waals surface area (Å²) in [5, 5.41) is 1.91. The number of hydrogen-bond donors (Lipinski definition) is 0. The van der Waals surface area contributed by atoms with Crippen LogP contribution in [0.25, 0.3) is 5.57 Å². The van der Waals surface area contributed by atoms with E-state index in [4.69, 9.17) is 9.68 Å². The molecule has 1 fully saturated rings. The number of hydrogen-bond acceptors (Lipinski definition) is 4. The second-order valence-electron chi connectivity index (χ2n) is 4.09. The molecule has 6 nitrogen and oxygen atoms in total. The average molecular weight is 276 g/mol. The molecular formula is C14H16N2O4. The van der Waals surface area contributed by atoms with Crippen molar-refractivity contribution in [2.24, 2.45) is 0 Å². The van der Waals surface area contributed by atoms with E-state index in [0.29, 0.717) is 12.2 Å². The van der Waals surface area contributed by atoms with Crippen LogP contribution < -0.4 is 0 Å². The van der Waals surface area contributed by atoms with Crippen molar-refractivity contribution in [1.82, 2.24) is 10.1 Å². The van der Waals surface area contributed by atoms with Gasteiger partial charge in [-0.3, -0.25) is 19.3 Å². The monoisotopic (exact) mass is 276 g/mol. The van der Waals surface area contributed by atoms with Gasteiger partial charge in [0, 0.05) is 5.57 Å². The van der Waals surface area contributed by atoms with E-state index >= 15 is 0 Å². The van der Waals surface area contributed by atoms with E-state index in [9.17, 15) is 9.59 Å². The molecule has 1 aromatic rings. The Labute approximate surface area is 117 Å². The van der Waals surface area contributed by atoms with Crippen LogP contribution >= 0.6 is 0 Å². The highest BCUT2D eigenvalue weighted by Crippen LogP contribution is 2.31. The van der Waals surface area contributed by atoms with Crippen LogP contribution in [0.5, 0.6) is 0 Å². The summed E-state index contributed by atoms with van der Waals surface area (Å²) in [5.41, 5.74) is 1.69. The van der Waals surface area contributed by atoms with E-state index in [-0.39, 0.29) is 0 Å². The first-order valence-electron chi connectivity index (χ1n) is 6.21. The van der Waals surface area contributed by atoms with Gasteiger partial charge in [0.25, 0.3) is 0 Å². The van der Waals surface area contributed by atoms with Gasteiger partial charge in [-0.25, -0.2) is 0 Å². The number of rotatable bonds is 4. The highest BCUT2D eigenvalue weighted by Gasteiger charge is 2.44. The Morgan fingerprint density at radius 1 is 1.00 bits per heavy atom. The van der Waals surface area contributed by atoms with Gasteiger partial charge in [-0.05, 0) is 12.0 Å². The molecule has 1 aliphatic heterocycles. The zero-order valence-corrected chi connectivity index (χ0v) is 11.6. The average Bonchev–Trinajstić information content (AvgIpc) is 2.72. The number of carbonyl (C=O) groups is 2. The van der Waals surface area contributed by atoms with Crippen molar-refractivity contribution in [2.45, 2.75) is 13.3 Å². The molecule has 1 saturated heterocycles. The fourth-order valence-corrected chi connectivity index (χ4v) is 2.16. The number of carbonyl (C=O) groups excluding carboxylic acids is 2. The van der Waals surface area contributed by atoms with Crippen molar-refractivity contribution >= 4 is 17.4 Å². The smallest absolute Gasteiger partial charge is 0.267 e. The van der Waals surface area contributed by atoms with E-state index in [2.05, 4.69) is 0 Å². The Bertz CT molecular complexity index is 530. The molecule has 0 aliphatic carbocycles. The summed E-state index contributed by atoms with van der Waals surface area (Å²) in [6.45, 7) is 1.93. The molecular weight excluding hydrogens is 260 g/mol. The molecule has 1 aromatic carbocycles. The van der Waals surface area contributed by atoms with Crippen LogP contribution in [0.15, 0.2) is 36.2 Å². The molecule has 0 atom stereocenters. The largest absolute Gasteiger partial charge is 0.344 e. The molecule has 1 heterocycles. The van der Waals surface area contributed by atoms with E-state index in [1.807, 2.05) is 37.3 Å². The Morgan fingerprint density at radius 2 is 1.50 bits per heavy atom. The van der Waals surface area contributed by atoms with Crippen molar-refractivity contribution in [1.29, 1.82) is 0 Å². The van der Waals surface area contributed by atoms with E-state index in [0.717, 1.165) is 21.3 Å². The van der Waals surface area contributed by atoms with E-state index < -0.39 is 11.8 Å². The molecule has 6 heteroatoms. The molecule has 0 saturated carbocycles. The van der Waals surface area contributed by atoms with Crippen molar-refractivity contribution in [2.75, 3.05) is 14.2 Å². The van der Waals surface area contributed by atoms with Gasteiger partial charge in [0.1, 0.15) is 0 Å². The molecule has 0 radical (unpaired) electrons. The number of hydroxylamine groups is 4. The normalized spacial score (nSPS) is 15.2. The maximum Gasteiger partial charge on any atom is 0.344 e. The lowest BCUT2D eigenvalue weighted by atomic mass is 10.0. The number of amides is 2. The van der Waals surface area contributed by atoms with Crippen molar-refractivity contribution < 1.29 is 19.3 Å². The van der Waals surface area contributed by atoms with Gasteiger partial charge in [0.2, 0.25) is 0 Å². The number of allylic oxidation sites excluding steroid dienone is 1. The Hall–Kier alpha value is -2.18. The predicted octanol–water partition coefficient (Wildman–Crippen LogP) is 1.56. The van der Waals surface area contributed by atoms with Crippen molar-refractivity contribution in [3.8, 4) is 0 Å². The molecule has 0 N–H and O–H groups in total. The van der Waals surface area contributed by atoms with Gasteiger partial charge in [0.15, 0.2) is 5.82 Å². The van der Waals surface area contributed by atoms with Gasteiger partial charge in [-0.1, -0.05) is 37.3 Å². The zero-order chi connectivity index (χ0) is 14.7. The van der Waals surface area contributed by atoms with Gasteiger partial charge < -0.3 is 0 Å². The molecule has 0 spiro atoms. The zero-order valence-electron chi connectivity index (χ0n) is 11.6. The summed E-state index contributed by atoms with van der Waals surface area (Å²) in [6, 6.07) is 9.48. The van der Waals surface area contributed by atoms with Crippen LogP contribution in [-0.4, -0.2) is 36.2 Å². The first-order valence-corrected chi connectivity index (χ1v) is 6.21. The quantitative estimate of drug-likeness (QED) is 0.783. The summed E-state index contributed by atoms with van der Waals surface area (Å²) < 4.78 is 0. The molecule has 20 heavy (non-hydrogen) atoms. The SMILES string of the molecule is CCC(=C1N(OC)C(=O)C(=O)N1OC)c1ccccc1. The highest BCUT2D eigenvalue weighted by atomic mass is 16.7. The summed E-state index contributed by atoms with van der Waals surface area (Å²) in [6.07, 6.45) is 0.611. The van der Waals surface area contributed by atoms with Crippen LogP contribution in [-0.2, 0) is 19.3 Å². The lowest BCUT2D eigenvalue weighted by Gasteiger charge is -2.21. The van der Waals surface area contributed by atoms with E-state index in [1.165, 1.54) is 14.2 Å². The maximum absolute atomic E-state index is 11.9. The Kier molecular flexibility index (Phi) is 4.16. The minimum Gasteiger partial charge on any atom is -0.267 e. The van der Waals surface area contributed by atoms with Gasteiger partial charge in [-0.2, -0.15) is 10.1 Å². The molecule has 0 unspecified atom stereocenters. The minimum absolute atomic E-state index is 0.304. The standard InChI is InChI=1S/C14H16N2O4/c1-4-11(10-8-6-5-7-9-10)12-15(19-2)13(17)14(18)16(12)20-3/h5-9H,4H2,1-3H3. The molecule has 106 valence electrons. The first kappa shape index (κ1) is 14.2. The second-order valence-corrected chi connectivity index (χ2v) is 4.09. The van der Waals surface area contributed by atoms with Crippen molar-refractivity contribution in [3.05, 3.63) is 41.7 Å². The summed E-state index contributed by atoms with van der Waals surface area (Å²) >= 11 is 0. The topological polar surface area (TPSA) is 59.1 Å². The molecule has 0 aromatic heterocycles. The number of benzene rings is 1. The molecule has 2 amide bonds. The van der Waals surface area contributed by atoms with Gasteiger partial charge >= 0.3 is 11.8 Å². The summed E-state index contributed by atoms with van der Waals surface area (Å²) in [4.78, 5) is 33.8. The number of nitrogens with zero attached hydrogens (tertiary/aromatic N) is 2. The Balaban J connectivity index is 2.62. The molecule has 2 rings (SSSR count). The third-order valence-corrected chi connectivity index (χ3v) is 3.05. The summed E-state index contributed by atoms with van der Waals surface area (Å²) in [7, 11) is 2.67.